The van der Waals surface area contributed by atoms with Crippen LogP contribution in [0.3, 0.4) is 0 Å². The Hall–Kier alpha value is -3.80. The second-order valence-electron chi connectivity index (χ2n) is 6.10. The zero-order valence-electron chi connectivity index (χ0n) is 13.6. The number of hydrogen-bond acceptors (Lipinski definition) is 4. The molecule has 124 valence electrons. The van der Waals surface area contributed by atoms with Crippen LogP contribution in [-0.4, -0.2) is 26.3 Å². The number of amides is 1. The Labute approximate surface area is 148 Å². The predicted octanol–water partition coefficient (Wildman–Crippen LogP) is 3.51. The van der Waals surface area contributed by atoms with E-state index < -0.39 is 0 Å². The third kappa shape index (κ3) is 2.36. The van der Waals surface area contributed by atoms with Crippen molar-refractivity contribution in [2.24, 2.45) is 0 Å². The molecule has 1 aliphatic rings. The van der Waals surface area contributed by atoms with Gasteiger partial charge in [-0.2, -0.15) is 0 Å². The van der Waals surface area contributed by atoms with Gasteiger partial charge >= 0.3 is 0 Å². The number of aromatic nitrogens is 4. The first kappa shape index (κ1) is 14.5. The highest BCUT2D eigenvalue weighted by atomic mass is 16.2. The Bertz CT molecular complexity index is 1180. The first-order valence-corrected chi connectivity index (χ1v) is 8.17. The smallest absolute Gasteiger partial charge is 0.256 e. The van der Waals surface area contributed by atoms with Crippen molar-refractivity contribution in [2.45, 2.75) is 0 Å². The number of anilines is 1. The third-order valence-electron chi connectivity index (χ3n) is 4.46. The number of benzene rings is 2. The average molecular weight is 339 g/mol. The van der Waals surface area contributed by atoms with E-state index in [0.717, 1.165) is 39.0 Å². The zero-order valence-corrected chi connectivity index (χ0v) is 13.6. The Morgan fingerprint density at radius 1 is 1.00 bits per heavy atom. The maximum absolute atomic E-state index is 12.5. The van der Waals surface area contributed by atoms with Gasteiger partial charge in [-0.05, 0) is 41.5 Å². The number of pyridine rings is 1. The van der Waals surface area contributed by atoms with Crippen molar-refractivity contribution in [3.05, 3.63) is 72.1 Å². The van der Waals surface area contributed by atoms with E-state index in [1.54, 1.807) is 6.20 Å². The van der Waals surface area contributed by atoms with Crippen molar-refractivity contribution >= 4 is 34.3 Å². The van der Waals surface area contributed by atoms with E-state index in [-0.39, 0.29) is 5.91 Å². The summed E-state index contributed by atoms with van der Waals surface area (Å²) in [6.07, 6.45) is 5.42. The lowest BCUT2D eigenvalue weighted by molar-refractivity contribution is -0.110. The van der Waals surface area contributed by atoms with Crippen LogP contribution in [-0.2, 0) is 4.79 Å². The normalized spacial score (nSPS) is 14.6. The van der Waals surface area contributed by atoms with Crippen molar-refractivity contribution in [3.63, 3.8) is 0 Å². The van der Waals surface area contributed by atoms with Crippen LogP contribution in [0.2, 0.25) is 0 Å². The summed E-state index contributed by atoms with van der Waals surface area (Å²) < 4.78 is 0. The van der Waals surface area contributed by atoms with Gasteiger partial charge < -0.3 is 5.32 Å². The summed E-state index contributed by atoms with van der Waals surface area (Å²) in [5.41, 5.74) is 6.91. The fourth-order valence-electron chi connectivity index (χ4n) is 3.17. The second kappa shape index (κ2) is 5.63. The van der Waals surface area contributed by atoms with Crippen LogP contribution in [0.5, 0.6) is 0 Å². The maximum atomic E-state index is 12.5. The highest BCUT2D eigenvalue weighted by Gasteiger charge is 2.24. The van der Waals surface area contributed by atoms with E-state index in [2.05, 4.69) is 25.7 Å². The van der Waals surface area contributed by atoms with Crippen LogP contribution < -0.4 is 5.32 Å². The molecule has 0 atom stereocenters. The molecule has 5 rings (SSSR count). The first-order valence-electron chi connectivity index (χ1n) is 8.17. The van der Waals surface area contributed by atoms with Gasteiger partial charge in [-0.3, -0.25) is 14.9 Å². The Morgan fingerprint density at radius 3 is 2.85 bits per heavy atom. The topological polar surface area (TPSA) is 83.6 Å². The summed E-state index contributed by atoms with van der Waals surface area (Å²) in [6, 6.07) is 15.6. The van der Waals surface area contributed by atoms with Crippen LogP contribution in [0.1, 0.15) is 11.1 Å². The molecule has 26 heavy (non-hydrogen) atoms. The van der Waals surface area contributed by atoms with Gasteiger partial charge in [-0.25, -0.2) is 0 Å². The molecule has 0 radical (unpaired) electrons. The van der Waals surface area contributed by atoms with E-state index in [1.165, 1.54) is 0 Å². The molecule has 0 unspecified atom stereocenters. The molecule has 0 saturated carbocycles. The van der Waals surface area contributed by atoms with Gasteiger partial charge in [0, 0.05) is 34.8 Å². The molecule has 0 bridgehead atoms. The molecular weight excluding hydrogens is 326 g/mol. The summed E-state index contributed by atoms with van der Waals surface area (Å²) in [4.78, 5) is 16.6. The van der Waals surface area contributed by atoms with E-state index in [1.807, 2.05) is 60.8 Å². The third-order valence-corrected chi connectivity index (χ3v) is 4.46. The lowest BCUT2D eigenvalue weighted by atomic mass is 10.00. The molecule has 2 aromatic heterocycles. The standard InChI is InChI=1S/C20H13N5O/c26-20-16(8-12-3-6-17-19(9-12)24-25-23-17)15-5-4-13(10-18(15)22-20)14-2-1-7-21-11-14/h1-11H,(H,22,26)(H,23,24,25)/b16-8+. The van der Waals surface area contributed by atoms with Crippen LogP contribution >= 0.6 is 0 Å². The molecule has 0 saturated heterocycles. The van der Waals surface area contributed by atoms with Crippen LogP contribution in [0.4, 0.5) is 5.69 Å². The van der Waals surface area contributed by atoms with Gasteiger partial charge in [-0.1, -0.05) is 29.5 Å². The number of fused-ring (bicyclic) bond motifs is 2. The van der Waals surface area contributed by atoms with Crippen LogP contribution in [0.25, 0.3) is 33.8 Å². The summed E-state index contributed by atoms with van der Waals surface area (Å²) in [6.45, 7) is 0. The molecule has 2 aromatic carbocycles. The number of carbonyl (C=O) groups excluding carboxylic acids is 1. The monoisotopic (exact) mass is 339 g/mol. The fraction of sp³-hybridized carbons (Fsp3) is 0. The summed E-state index contributed by atoms with van der Waals surface area (Å²) in [5, 5.41) is 13.6. The van der Waals surface area contributed by atoms with Gasteiger partial charge in [0.25, 0.3) is 5.91 Å². The minimum atomic E-state index is -0.108. The van der Waals surface area contributed by atoms with Crippen LogP contribution in [0.15, 0.2) is 60.9 Å². The molecule has 2 N–H and O–H groups in total. The SMILES string of the molecule is O=C1Nc2cc(-c3cccnc3)ccc2/C1=C\c1ccc2[nH]nnc2c1. The number of aromatic amines is 1. The quantitative estimate of drug-likeness (QED) is 0.547. The number of H-pyrrole nitrogens is 1. The summed E-state index contributed by atoms with van der Waals surface area (Å²) in [5.74, 6) is -0.108. The lowest BCUT2D eigenvalue weighted by Crippen LogP contribution is -2.03. The molecule has 0 fully saturated rings. The molecule has 1 amide bonds. The summed E-state index contributed by atoms with van der Waals surface area (Å²) in [7, 11) is 0. The molecule has 3 heterocycles. The molecule has 1 aliphatic heterocycles. The fourth-order valence-corrected chi connectivity index (χ4v) is 3.17. The van der Waals surface area contributed by atoms with Crippen molar-refractivity contribution in [3.8, 4) is 11.1 Å². The minimum Gasteiger partial charge on any atom is -0.321 e. The predicted molar refractivity (Wildman–Crippen MR) is 100 cm³/mol. The lowest BCUT2D eigenvalue weighted by Gasteiger charge is -2.04. The molecule has 0 spiro atoms. The van der Waals surface area contributed by atoms with Crippen molar-refractivity contribution in [1.29, 1.82) is 0 Å². The molecule has 4 aromatic rings. The van der Waals surface area contributed by atoms with Gasteiger partial charge in [0.1, 0.15) is 5.52 Å². The van der Waals surface area contributed by atoms with E-state index in [4.69, 9.17) is 0 Å². The van der Waals surface area contributed by atoms with Crippen LogP contribution in [0, 0.1) is 0 Å². The average Bonchev–Trinajstić information content (AvgIpc) is 3.26. The highest BCUT2D eigenvalue weighted by Crippen LogP contribution is 2.36. The molecule has 6 heteroatoms. The number of rotatable bonds is 2. The summed E-state index contributed by atoms with van der Waals surface area (Å²) >= 11 is 0. The van der Waals surface area contributed by atoms with Gasteiger partial charge in [0.05, 0.1) is 5.52 Å². The minimum absolute atomic E-state index is 0.108. The largest absolute Gasteiger partial charge is 0.321 e. The van der Waals surface area contributed by atoms with E-state index >= 15 is 0 Å². The second-order valence-corrected chi connectivity index (χ2v) is 6.10. The Morgan fingerprint density at radius 2 is 1.96 bits per heavy atom. The van der Waals surface area contributed by atoms with E-state index in [9.17, 15) is 4.79 Å². The maximum Gasteiger partial charge on any atom is 0.256 e. The van der Waals surface area contributed by atoms with E-state index in [0.29, 0.717) is 5.57 Å². The number of nitrogens with one attached hydrogen (secondary N) is 2. The van der Waals surface area contributed by atoms with Gasteiger partial charge in [-0.15, -0.1) is 5.10 Å². The number of hydrogen-bond donors (Lipinski definition) is 2. The number of carbonyl (C=O) groups is 1. The van der Waals surface area contributed by atoms with Crippen molar-refractivity contribution in [1.82, 2.24) is 20.4 Å². The number of nitrogens with zero attached hydrogens (tertiary/aromatic N) is 3. The van der Waals surface area contributed by atoms with Gasteiger partial charge in [0.15, 0.2) is 0 Å². The molecule has 0 aliphatic carbocycles. The zero-order chi connectivity index (χ0) is 17.5. The van der Waals surface area contributed by atoms with Gasteiger partial charge in [0.2, 0.25) is 0 Å². The van der Waals surface area contributed by atoms with Crippen molar-refractivity contribution in [2.75, 3.05) is 5.32 Å². The molecule has 6 nitrogen and oxygen atoms in total. The molecular formula is C20H13N5O. The Balaban J connectivity index is 1.57. The first-order chi connectivity index (χ1) is 12.8. The Kier molecular flexibility index (Phi) is 3.15. The van der Waals surface area contributed by atoms with Crippen molar-refractivity contribution < 1.29 is 4.79 Å². The highest BCUT2D eigenvalue weighted by molar-refractivity contribution is 6.35.